The summed E-state index contributed by atoms with van der Waals surface area (Å²) in [4.78, 5) is 26.5. The number of aryl methyl sites for hydroxylation is 1. The summed E-state index contributed by atoms with van der Waals surface area (Å²) in [6, 6.07) is 11.6. The molecule has 2 atom stereocenters. The first-order valence-electron chi connectivity index (χ1n) is 9.88. The number of benzene rings is 2. The van der Waals surface area contributed by atoms with Crippen molar-refractivity contribution in [1.82, 2.24) is 0 Å². The SMILES string of the molecule is Cc1cccc([C@H]2O[C@H](CC=O)C(=O)N(CC(C)(C)C)c3ccc(Cl)cc32)c1C. The molecule has 4 nitrogen and oxygen atoms in total. The number of aldehydes is 1. The molecule has 0 fully saturated rings. The highest BCUT2D eigenvalue weighted by atomic mass is 35.5. The molecule has 1 heterocycles. The monoisotopic (exact) mass is 413 g/mol. The van der Waals surface area contributed by atoms with E-state index in [1.54, 1.807) is 11.0 Å². The fourth-order valence-electron chi connectivity index (χ4n) is 3.75. The van der Waals surface area contributed by atoms with E-state index in [2.05, 4.69) is 20.8 Å². The minimum Gasteiger partial charge on any atom is -0.355 e. The number of carbonyl (C=O) groups is 2. The first kappa shape index (κ1) is 21.5. The van der Waals surface area contributed by atoms with Crippen LogP contribution in [0, 0.1) is 19.3 Å². The van der Waals surface area contributed by atoms with Gasteiger partial charge in [0.15, 0.2) is 0 Å². The standard InChI is InChI=1S/C24H28ClNO3/c1-15-7-6-8-18(16(15)2)22-19-13-17(25)9-10-20(19)26(14-24(3,4)5)23(28)21(29-22)11-12-27/h6-10,12-13,21-22H,11,14H2,1-5H3/t21-,22-/m1/s1. The highest BCUT2D eigenvalue weighted by molar-refractivity contribution is 6.30. The number of ether oxygens (including phenoxy) is 1. The number of amides is 1. The molecule has 1 aliphatic rings. The van der Waals surface area contributed by atoms with Crippen molar-refractivity contribution in [2.75, 3.05) is 11.4 Å². The van der Waals surface area contributed by atoms with Crippen LogP contribution in [0.5, 0.6) is 0 Å². The van der Waals surface area contributed by atoms with Crippen molar-refractivity contribution in [1.29, 1.82) is 0 Å². The lowest BCUT2D eigenvalue weighted by Gasteiger charge is -2.31. The van der Waals surface area contributed by atoms with Gasteiger partial charge in [-0.25, -0.2) is 0 Å². The molecule has 29 heavy (non-hydrogen) atoms. The molecule has 0 saturated carbocycles. The smallest absolute Gasteiger partial charge is 0.256 e. The molecule has 5 heteroatoms. The van der Waals surface area contributed by atoms with Crippen molar-refractivity contribution in [2.24, 2.45) is 5.41 Å². The Balaban J connectivity index is 2.24. The molecule has 0 radical (unpaired) electrons. The predicted octanol–water partition coefficient (Wildman–Crippen LogP) is 5.41. The molecule has 1 aliphatic heterocycles. The number of anilines is 1. The van der Waals surface area contributed by atoms with Crippen molar-refractivity contribution in [2.45, 2.75) is 53.2 Å². The largest absolute Gasteiger partial charge is 0.355 e. The molecular formula is C24H28ClNO3. The summed E-state index contributed by atoms with van der Waals surface area (Å²) in [5.41, 5.74) is 4.73. The van der Waals surface area contributed by atoms with Crippen molar-refractivity contribution in [3.8, 4) is 0 Å². The number of halogens is 1. The van der Waals surface area contributed by atoms with Gasteiger partial charge >= 0.3 is 0 Å². The lowest BCUT2D eigenvalue weighted by atomic mass is 9.92. The highest BCUT2D eigenvalue weighted by Crippen LogP contribution is 2.41. The number of rotatable bonds is 4. The topological polar surface area (TPSA) is 46.6 Å². The first-order valence-corrected chi connectivity index (χ1v) is 10.3. The lowest BCUT2D eigenvalue weighted by molar-refractivity contribution is -0.134. The summed E-state index contributed by atoms with van der Waals surface area (Å²) in [5, 5.41) is 0.583. The molecule has 0 spiro atoms. The number of fused-ring (bicyclic) bond motifs is 1. The lowest BCUT2D eigenvalue weighted by Crippen LogP contribution is -2.43. The molecule has 0 bridgehead atoms. The van der Waals surface area contributed by atoms with E-state index in [1.165, 1.54) is 0 Å². The Kier molecular flexibility index (Phi) is 6.16. The molecule has 0 unspecified atom stereocenters. The van der Waals surface area contributed by atoms with E-state index in [-0.39, 0.29) is 17.7 Å². The summed E-state index contributed by atoms with van der Waals surface area (Å²) >= 11 is 6.35. The van der Waals surface area contributed by atoms with Gasteiger partial charge in [0.2, 0.25) is 0 Å². The molecule has 0 aliphatic carbocycles. The second-order valence-electron chi connectivity index (χ2n) is 8.88. The van der Waals surface area contributed by atoms with Crippen molar-refractivity contribution >= 4 is 29.5 Å². The maximum atomic E-state index is 13.4. The van der Waals surface area contributed by atoms with E-state index in [9.17, 15) is 9.59 Å². The predicted molar refractivity (Wildman–Crippen MR) is 117 cm³/mol. The van der Waals surface area contributed by atoms with Gasteiger partial charge in [-0.15, -0.1) is 0 Å². The van der Waals surface area contributed by atoms with Crippen LogP contribution in [0.1, 0.15) is 55.5 Å². The third kappa shape index (κ3) is 4.54. The Morgan fingerprint density at radius 2 is 1.86 bits per heavy atom. The Hall–Kier alpha value is -2.17. The zero-order valence-corrected chi connectivity index (χ0v) is 18.4. The normalized spacial score (nSPS) is 19.7. The third-order valence-corrected chi connectivity index (χ3v) is 5.51. The fraction of sp³-hybridized carbons (Fsp3) is 0.417. The second-order valence-corrected chi connectivity index (χ2v) is 9.32. The van der Waals surface area contributed by atoms with Gasteiger partial charge in [-0.3, -0.25) is 4.79 Å². The molecular weight excluding hydrogens is 386 g/mol. The van der Waals surface area contributed by atoms with Crippen LogP contribution in [0.25, 0.3) is 0 Å². The summed E-state index contributed by atoms with van der Waals surface area (Å²) in [6.45, 7) is 10.9. The molecule has 0 aromatic heterocycles. The van der Waals surface area contributed by atoms with Crippen LogP contribution in [0.3, 0.4) is 0 Å². The van der Waals surface area contributed by atoms with Crippen LogP contribution in [0.2, 0.25) is 5.02 Å². The van der Waals surface area contributed by atoms with Gasteiger partial charge in [0.1, 0.15) is 18.5 Å². The average Bonchev–Trinajstić information content (AvgIpc) is 2.74. The van der Waals surface area contributed by atoms with E-state index in [4.69, 9.17) is 16.3 Å². The van der Waals surface area contributed by atoms with Gasteiger partial charge in [0, 0.05) is 29.2 Å². The number of carbonyl (C=O) groups excluding carboxylic acids is 2. The van der Waals surface area contributed by atoms with E-state index >= 15 is 0 Å². The minimum atomic E-state index is -0.842. The summed E-state index contributed by atoms with van der Waals surface area (Å²) in [5.74, 6) is -0.191. The molecule has 0 N–H and O–H groups in total. The number of hydrogen-bond acceptors (Lipinski definition) is 3. The maximum Gasteiger partial charge on any atom is 0.256 e. The maximum absolute atomic E-state index is 13.4. The third-order valence-electron chi connectivity index (χ3n) is 5.28. The van der Waals surface area contributed by atoms with Gasteiger partial charge in [-0.05, 0) is 54.2 Å². The van der Waals surface area contributed by atoms with Crippen LogP contribution < -0.4 is 4.90 Å². The zero-order chi connectivity index (χ0) is 21.3. The fourth-order valence-corrected chi connectivity index (χ4v) is 3.93. The van der Waals surface area contributed by atoms with Gasteiger partial charge in [-0.2, -0.15) is 0 Å². The van der Waals surface area contributed by atoms with Gasteiger partial charge in [0.25, 0.3) is 5.91 Å². The molecule has 154 valence electrons. The summed E-state index contributed by atoms with van der Waals surface area (Å²) in [6.07, 6.45) is -0.558. The molecule has 0 saturated heterocycles. The number of nitrogens with zero attached hydrogens (tertiary/aromatic N) is 1. The van der Waals surface area contributed by atoms with Crippen molar-refractivity contribution < 1.29 is 14.3 Å². The summed E-state index contributed by atoms with van der Waals surface area (Å²) in [7, 11) is 0. The Morgan fingerprint density at radius 1 is 1.14 bits per heavy atom. The van der Waals surface area contributed by atoms with E-state index in [1.807, 2.05) is 44.2 Å². The molecule has 1 amide bonds. The van der Waals surface area contributed by atoms with Crippen LogP contribution in [0.15, 0.2) is 36.4 Å². The van der Waals surface area contributed by atoms with E-state index < -0.39 is 12.2 Å². The van der Waals surface area contributed by atoms with E-state index in [0.29, 0.717) is 11.6 Å². The molecule has 2 aromatic carbocycles. The highest BCUT2D eigenvalue weighted by Gasteiger charge is 2.38. The van der Waals surface area contributed by atoms with Crippen LogP contribution in [0.4, 0.5) is 5.69 Å². The Bertz CT molecular complexity index is 932. The molecule has 3 rings (SSSR count). The zero-order valence-electron chi connectivity index (χ0n) is 17.7. The molecule has 2 aromatic rings. The minimum absolute atomic E-state index is 0.0164. The number of hydrogen-bond donors (Lipinski definition) is 0. The van der Waals surface area contributed by atoms with Gasteiger partial charge in [0.05, 0.1) is 0 Å². The Labute approximate surface area is 177 Å². The van der Waals surface area contributed by atoms with Crippen molar-refractivity contribution in [3.63, 3.8) is 0 Å². The average molecular weight is 414 g/mol. The Morgan fingerprint density at radius 3 is 2.52 bits per heavy atom. The van der Waals surface area contributed by atoms with E-state index in [0.717, 1.165) is 34.2 Å². The van der Waals surface area contributed by atoms with Crippen LogP contribution >= 0.6 is 11.6 Å². The second kappa shape index (κ2) is 8.29. The quantitative estimate of drug-likeness (QED) is 0.629. The van der Waals surface area contributed by atoms with Gasteiger partial charge < -0.3 is 14.4 Å². The van der Waals surface area contributed by atoms with Gasteiger partial charge in [-0.1, -0.05) is 50.6 Å². The first-order chi connectivity index (χ1) is 13.6. The summed E-state index contributed by atoms with van der Waals surface area (Å²) < 4.78 is 6.33. The van der Waals surface area contributed by atoms with Crippen LogP contribution in [-0.4, -0.2) is 24.8 Å². The van der Waals surface area contributed by atoms with Crippen molar-refractivity contribution in [3.05, 3.63) is 63.7 Å². The van der Waals surface area contributed by atoms with Crippen LogP contribution in [-0.2, 0) is 14.3 Å².